The third kappa shape index (κ3) is 3.59. The Kier molecular flexibility index (Phi) is 5.16. The van der Waals surface area contributed by atoms with Crippen LogP contribution in [0.2, 0.25) is 0 Å². The second kappa shape index (κ2) is 7.58. The van der Waals surface area contributed by atoms with Crippen LogP contribution in [0.1, 0.15) is 68.4 Å². The molecule has 4 aliphatic rings. The Morgan fingerprint density at radius 2 is 1.89 bits per heavy atom. The minimum Gasteiger partial charge on any atom is -0.338 e. The van der Waals surface area contributed by atoms with Crippen LogP contribution in [0.25, 0.3) is 0 Å². The zero-order valence-electron chi connectivity index (χ0n) is 16.1. The number of carbonyl (C=O) groups excluding carboxylic acids is 2. The molecule has 148 valence electrons. The van der Waals surface area contributed by atoms with Crippen LogP contribution < -0.4 is 5.73 Å². The van der Waals surface area contributed by atoms with Crippen molar-refractivity contribution in [2.24, 2.45) is 11.7 Å². The van der Waals surface area contributed by atoms with Gasteiger partial charge in [0.25, 0.3) is 5.91 Å². The van der Waals surface area contributed by atoms with Gasteiger partial charge in [-0.25, -0.2) is 4.68 Å². The molecule has 0 radical (unpaired) electrons. The van der Waals surface area contributed by atoms with Crippen LogP contribution in [0.3, 0.4) is 0 Å². The number of aromatic nitrogens is 3. The summed E-state index contributed by atoms with van der Waals surface area (Å²) in [6, 6.07) is 0.692. The van der Waals surface area contributed by atoms with E-state index in [1.807, 2.05) is 14.5 Å². The third-order valence-electron chi connectivity index (χ3n) is 6.39. The minimum atomic E-state index is -0.100. The molecule has 2 bridgehead atoms. The van der Waals surface area contributed by atoms with Crippen molar-refractivity contribution >= 4 is 11.8 Å². The highest BCUT2D eigenvalue weighted by molar-refractivity contribution is 5.93. The Morgan fingerprint density at radius 1 is 1.15 bits per heavy atom. The fourth-order valence-corrected chi connectivity index (χ4v) is 4.82. The van der Waals surface area contributed by atoms with E-state index in [0.29, 0.717) is 18.8 Å². The van der Waals surface area contributed by atoms with E-state index in [2.05, 4.69) is 17.2 Å². The summed E-state index contributed by atoms with van der Waals surface area (Å²) in [5.74, 6) is 0.0385. The van der Waals surface area contributed by atoms with Crippen molar-refractivity contribution in [1.82, 2.24) is 24.8 Å². The maximum absolute atomic E-state index is 13.1. The third-order valence-corrected chi connectivity index (χ3v) is 6.39. The lowest BCUT2D eigenvalue weighted by Gasteiger charge is -2.35. The van der Waals surface area contributed by atoms with Gasteiger partial charge in [0.05, 0.1) is 18.2 Å². The summed E-state index contributed by atoms with van der Waals surface area (Å²) >= 11 is 0. The van der Waals surface area contributed by atoms with Crippen LogP contribution >= 0.6 is 0 Å². The Balaban J connectivity index is 1.46. The minimum absolute atomic E-state index is 0.0749. The van der Waals surface area contributed by atoms with Gasteiger partial charge in [-0.2, -0.15) is 0 Å². The molecule has 0 spiro atoms. The molecule has 5 rings (SSSR count). The molecule has 8 heteroatoms. The van der Waals surface area contributed by atoms with Gasteiger partial charge in [-0.3, -0.25) is 9.59 Å². The summed E-state index contributed by atoms with van der Waals surface area (Å²) in [7, 11) is 0. The lowest BCUT2D eigenvalue weighted by Crippen LogP contribution is -2.48. The van der Waals surface area contributed by atoms with Gasteiger partial charge in [0.15, 0.2) is 5.69 Å². The lowest BCUT2D eigenvalue weighted by atomic mass is 9.92. The highest BCUT2D eigenvalue weighted by atomic mass is 16.2. The highest BCUT2D eigenvalue weighted by Gasteiger charge is 2.42. The van der Waals surface area contributed by atoms with Crippen molar-refractivity contribution in [2.75, 3.05) is 19.6 Å². The standard InChI is InChI=1S/C19H30N6O2/c1-2-9-24-16-6-3-13(18(24)26)10-23(11-16)19(27)17-12-25(22-21-17)15-7-4-14(20)5-8-15/h12-16H,2-11,20H2,1H3/t13-,14?,15?,16+/m0/s1. The number of hydrogen-bond acceptors (Lipinski definition) is 5. The average molecular weight is 374 g/mol. The molecule has 8 nitrogen and oxygen atoms in total. The van der Waals surface area contributed by atoms with E-state index < -0.39 is 0 Å². The van der Waals surface area contributed by atoms with Gasteiger partial charge in [0.2, 0.25) is 5.91 Å². The SMILES string of the molecule is CCCN1C(=O)[C@H]2CC[C@@H]1CN(C(=O)c1cn(C3CCC(N)CC3)nn1)C2. The summed E-state index contributed by atoms with van der Waals surface area (Å²) in [5, 5.41) is 8.37. The van der Waals surface area contributed by atoms with Gasteiger partial charge in [-0.15, -0.1) is 5.10 Å². The average Bonchev–Trinajstić information content (AvgIpc) is 3.00. The Hall–Kier alpha value is -1.96. The largest absolute Gasteiger partial charge is 0.338 e. The van der Waals surface area contributed by atoms with E-state index in [0.717, 1.165) is 51.5 Å². The summed E-state index contributed by atoms with van der Waals surface area (Å²) < 4.78 is 1.83. The van der Waals surface area contributed by atoms with Crippen LogP contribution in [-0.4, -0.2) is 68.3 Å². The number of piperidine rings is 1. The number of rotatable bonds is 4. The van der Waals surface area contributed by atoms with E-state index in [-0.39, 0.29) is 35.9 Å². The number of fused-ring (bicyclic) bond motifs is 4. The summed E-state index contributed by atoms with van der Waals surface area (Å²) in [5.41, 5.74) is 6.37. The van der Waals surface area contributed by atoms with Crippen LogP contribution in [-0.2, 0) is 4.79 Å². The van der Waals surface area contributed by atoms with Crippen LogP contribution in [0.15, 0.2) is 6.20 Å². The monoisotopic (exact) mass is 374 g/mol. The van der Waals surface area contributed by atoms with E-state index in [4.69, 9.17) is 5.73 Å². The quantitative estimate of drug-likeness (QED) is 0.854. The molecular weight excluding hydrogens is 344 g/mol. The Labute approximate surface area is 160 Å². The summed E-state index contributed by atoms with van der Waals surface area (Å²) in [4.78, 5) is 29.5. The zero-order chi connectivity index (χ0) is 19.0. The van der Waals surface area contributed by atoms with Gasteiger partial charge in [0.1, 0.15) is 0 Å². The van der Waals surface area contributed by atoms with Crippen molar-refractivity contribution < 1.29 is 9.59 Å². The fourth-order valence-electron chi connectivity index (χ4n) is 4.82. The van der Waals surface area contributed by atoms with E-state index in [9.17, 15) is 9.59 Å². The number of nitrogens with two attached hydrogens (primary N) is 1. The second-order valence-corrected chi connectivity index (χ2v) is 8.32. The molecule has 1 aromatic heterocycles. The zero-order valence-corrected chi connectivity index (χ0v) is 16.1. The molecule has 1 aromatic rings. The lowest BCUT2D eigenvalue weighted by molar-refractivity contribution is -0.139. The first-order valence-corrected chi connectivity index (χ1v) is 10.3. The molecular formula is C19H30N6O2. The van der Waals surface area contributed by atoms with Gasteiger partial charge in [0, 0.05) is 31.7 Å². The summed E-state index contributed by atoms with van der Waals surface area (Å²) in [6.45, 7) is 3.97. The van der Waals surface area contributed by atoms with Crippen molar-refractivity contribution in [2.45, 2.75) is 70.0 Å². The van der Waals surface area contributed by atoms with Crippen molar-refractivity contribution in [3.63, 3.8) is 0 Å². The maximum Gasteiger partial charge on any atom is 0.276 e. The number of hydrogen-bond donors (Lipinski definition) is 1. The first-order valence-electron chi connectivity index (χ1n) is 10.3. The Morgan fingerprint density at radius 3 is 2.63 bits per heavy atom. The normalized spacial score (nSPS) is 31.3. The highest BCUT2D eigenvalue weighted by Crippen LogP contribution is 2.30. The van der Waals surface area contributed by atoms with E-state index in [1.54, 1.807) is 6.20 Å². The topological polar surface area (TPSA) is 97.4 Å². The molecule has 2 atom stereocenters. The van der Waals surface area contributed by atoms with Gasteiger partial charge in [-0.1, -0.05) is 12.1 Å². The first-order chi connectivity index (χ1) is 13.1. The number of amides is 2. The predicted octanol–water partition coefficient (Wildman–Crippen LogP) is 1.19. The first kappa shape index (κ1) is 18.4. The molecule has 0 aromatic carbocycles. The molecule has 3 aliphatic heterocycles. The van der Waals surface area contributed by atoms with E-state index >= 15 is 0 Å². The van der Waals surface area contributed by atoms with Gasteiger partial charge < -0.3 is 15.5 Å². The summed E-state index contributed by atoms with van der Waals surface area (Å²) in [6.07, 6.45) is 8.51. The molecule has 4 heterocycles. The van der Waals surface area contributed by atoms with E-state index in [1.165, 1.54) is 0 Å². The predicted molar refractivity (Wildman–Crippen MR) is 99.9 cm³/mol. The van der Waals surface area contributed by atoms with Crippen LogP contribution in [0, 0.1) is 5.92 Å². The number of nitrogens with zero attached hydrogens (tertiary/aromatic N) is 5. The number of carbonyl (C=O) groups is 2. The molecule has 27 heavy (non-hydrogen) atoms. The molecule has 1 aliphatic carbocycles. The second-order valence-electron chi connectivity index (χ2n) is 8.32. The molecule has 2 amide bonds. The smallest absolute Gasteiger partial charge is 0.276 e. The molecule has 3 saturated heterocycles. The van der Waals surface area contributed by atoms with Crippen LogP contribution in [0.4, 0.5) is 0 Å². The van der Waals surface area contributed by atoms with Crippen molar-refractivity contribution in [1.29, 1.82) is 0 Å². The van der Waals surface area contributed by atoms with Crippen LogP contribution in [0.5, 0.6) is 0 Å². The van der Waals surface area contributed by atoms with Gasteiger partial charge in [-0.05, 0) is 44.9 Å². The van der Waals surface area contributed by atoms with Crippen molar-refractivity contribution in [3.05, 3.63) is 11.9 Å². The van der Waals surface area contributed by atoms with Crippen molar-refractivity contribution in [3.8, 4) is 0 Å². The molecule has 0 unspecified atom stereocenters. The molecule has 4 fully saturated rings. The van der Waals surface area contributed by atoms with Gasteiger partial charge >= 0.3 is 0 Å². The molecule has 1 saturated carbocycles. The fraction of sp³-hybridized carbons (Fsp3) is 0.789. The maximum atomic E-state index is 13.1. The molecule has 2 N–H and O–H groups in total. The Bertz CT molecular complexity index is 696.